The first kappa shape index (κ1) is 19.5. The van der Waals surface area contributed by atoms with E-state index in [1.165, 1.54) is 12.1 Å². The summed E-state index contributed by atoms with van der Waals surface area (Å²) in [5.74, 6) is -0.616. The Morgan fingerprint density at radius 2 is 2.12 bits per heavy atom. The van der Waals surface area contributed by atoms with Gasteiger partial charge in [0.15, 0.2) is 0 Å². The minimum Gasteiger partial charge on any atom is -0.465 e. The van der Waals surface area contributed by atoms with Crippen LogP contribution in [-0.2, 0) is 11.0 Å². The van der Waals surface area contributed by atoms with Crippen LogP contribution in [0.1, 0.15) is 31.7 Å². The summed E-state index contributed by atoms with van der Waals surface area (Å²) in [6.45, 7) is 1.87. The van der Waals surface area contributed by atoms with Crippen LogP contribution in [0.4, 0.5) is 13.2 Å². The zero-order valence-electron chi connectivity index (χ0n) is 13.7. The van der Waals surface area contributed by atoms with Gasteiger partial charge in [0.25, 0.3) is 0 Å². The smallest absolute Gasteiger partial charge is 0.416 e. The summed E-state index contributed by atoms with van der Waals surface area (Å²) < 4.78 is 43.0. The lowest BCUT2D eigenvalue weighted by molar-refractivity contribution is -0.137. The molecule has 0 saturated heterocycles. The van der Waals surface area contributed by atoms with Gasteiger partial charge in [0.1, 0.15) is 11.5 Å². The molecule has 1 aromatic carbocycles. The molecule has 0 bridgehead atoms. The van der Waals surface area contributed by atoms with Crippen LogP contribution in [0.2, 0.25) is 0 Å². The van der Waals surface area contributed by atoms with E-state index in [0.29, 0.717) is 6.42 Å². The number of hydrogen-bond donors (Lipinski definition) is 2. The number of Topliss-reactive ketones (excluding diaryl/α,β-unsaturated/α-hetero) is 1. The summed E-state index contributed by atoms with van der Waals surface area (Å²) in [5.41, 5.74) is -0.855. The highest BCUT2D eigenvalue weighted by atomic mass is 19.4. The predicted octanol–water partition coefficient (Wildman–Crippen LogP) is 3.33. The van der Waals surface area contributed by atoms with Gasteiger partial charge < -0.3 is 14.9 Å². The van der Waals surface area contributed by atoms with Crippen molar-refractivity contribution in [1.29, 1.82) is 0 Å². The minimum absolute atomic E-state index is 0.0189. The molecular formula is C18H21F3O4. The van der Waals surface area contributed by atoms with Crippen LogP contribution in [0.15, 0.2) is 36.4 Å². The number of halogens is 3. The molecule has 7 heteroatoms. The van der Waals surface area contributed by atoms with Crippen molar-refractivity contribution in [2.75, 3.05) is 0 Å². The molecule has 1 fully saturated rings. The molecule has 0 radical (unpaired) electrons. The second-order valence-corrected chi connectivity index (χ2v) is 6.09. The lowest BCUT2D eigenvalue weighted by Crippen LogP contribution is -2.18. The third-order valence-corrected chi connectivity index (χ3v) is 4.30. The second-order valence-electron chi connectivity index (χ2n) is 6.09. The van der Waals surface area contributed by atoms with E-state index in [2.05, 4.69) is 0 Å². The SMILES string of the molecule is CC[C@H]1C(=O)C[C@@H](O)[C@@H]1/C=C/CC(O)Oc1cccc(C(F)(F)F)c1. The molecule has 1 aromatic rings. The van der Waals surface area contributed by atoms with Crippen molar-refractivity contribution in [3.63, 3.8) is 0 Å². The summed E-state index contributed by atoms with van der Waals surface area (Å²) in [4.78, 5) is 11.7. The highest BCUT2D eigenvalue weighted by molar-refractivity contribution is 5.84. The van der Waals surface area contributed by atoms with Gasteiger partial charge in [-0.3, -0.25) is 4.79 Å². The van der Waals surface area contributed by atoms with E-state index < -0.39 is 24.1 Å². The van der Waals surface area contributed by atoms with Crippen molar-refractivity contribution in [3.05, 3.63) is 42.0 Å². The quantitative estimate of drug-likeness (QED) is 0.605. The molecule has 25 heavy (non-hydrogen) atoms. The number of ketones is 1. The van der Waals surface area contributed by atoms with E-state index in [9.17, 15) is 28.2 Å². The Bertz CT molecular complexity index is 627. The highest BCUT2D eigenvalue weighted by Crippen LogP contribution is 2.33. The van der Waals surface area contributed by atoms with Crippen molar-refractivity contribution in [2.24, 2.45) is 11.8 Å². The fraction of sp³-hybridized carbons (Fsp3) is 0.500. The maximum atomic E-state index is 12.6. The fourth-order valence-corrected chi connectivity index (χ4v) is 3.04. The van der Waals surface area contributed by atoms with Crippen LogP contribution in [0.3, 0.4) is 0 Å². The van der Waals surface area contributed by atoms with Crippen molar-refractivity contribution in [1.82, 2.24) is 0 Å². The molecule has 2 rings (SSSR count). The van der Waals surface area contributed by atoms with Crippen molar-refractivity contribution in [3.8, 4) is 5.75 Å². The van der Waals surface area contributed by atoms with Crippen LogP contribution in [-0.4, -0.2) is 28.4 Å². The van der Waals surface area contributed by atoms with Gasteiger partial charge in [0.05, 0.1) is 11.7 Å². The van der Waals surface area contributed by atoms with Gasteiger partial charge >= 0.3 is 6.18 Å². The van der Waals surface area contributed by atoms with Gasteiger partial charge in [-0.15, -0.1) is 0 Å². The summed E-state index contributed by atoms with van der Waals surface area (Å²) in [7, 11) is 0. The molecule has 1 unspecified atom stereocenters. The summed E-state index contributed by atoms with van der Waals surface area (Å²) in [5, 5.41) is 19.7. The second kappa shape index (κ2) is 8.01. The Morgan fingerprint density at radius 3 is 2.76 bits per heavy atom. The number of carbonyl (C=O) groups is 1. The normalized spacial score (nSPS) is 25.5. The van der Waals surface area contributed by atoms with E-state index in [1.807, 2.05) is 6.92 Å². The molecule has 4 atom stereocenters. The molecule has 4 nitrogen and oxygen atoms in total. The number of rotatable bonds is 6. The predicted molar refractivity (Wildman–Crippen MR) is 84.7 cm³/mol. The zero-order chi connectivity index (χ0) is 18.6. The molecule has 0 amide bonds. The molecule has 1 saturated carbocycles. The molecule has 1 aliphatic rings. The Hall–Kier alpha value is -1.86. The Balaban J connectivity index is 1.92. The minimum atomic E-state index is -4.48. The van der Waals surface area contributed by atoms with Crippen molar-refractivity contribution in [2.45, 2.75) is 44.8 Å². The third kappa shape index (κ3) is 5.06. The lowest BCUT2D eigenvalue weighted by atomic mass is 9.91. The maximum Gasteiger partial charge on any atom is 0.416 e. The Labute approximate surface area is 143 Å². The maximum absolute atomic E-state index is 12.6. The molecule has 138 valence electrons. The number of benzene rings is 1. The Morgan fingerprint density at radius 1 is 1.40 bits per heavy atom. The molecular weight excluding hydrogens is 337 g/mol. The van der Waals surface area contributed by atoms with E-state index >= 15 is 0 Å². The van der Waals surface area contributed by atoms with E-state index in [-0.39, 0.29) is 36.2 Å². The van der Waals surface area contributed by atoms with Gasteiger partial charge in [-0.25, -0.2) is 0 Å². The summed E-state index contributed by atoms with van der Waals surface area (Å²) in [6, 6.07) is 4.27. The van der Waals surface area contributed by atoms with Crippen molar-refractivity contribution < 1.29 is 32.9 Å². The largest absolute Gasteiger partial charge is 0.465 e. The van der Waals surface area contributed by atoms with E-state index in [4.69, 9.17) is 4.74 Å². The molecule has 2 N–H and O–H groups in total. The number of carbonyl (C=O) groups excluding carboxylic acids is 1. The van der Waals surface area contributed by atoms with Gasteiger partial charge in [-0.1, -0.05) is 25.1 Å². The third-order valence-electron chi connectivity index (χ3n) is 4.30. The lowest BCUT2D eigenvalue weighted by Gasteiger charge is -2.16. The zero-order valence-corrected chi connectivity index (χ0v) is 13.7. The first-order chi connectivity index (χ1) is 11.7. The van der Waals surface area contributed by atoms with Crippen LogP contribution < -0.4 is 4.74 Å². The van der Waals surface area contributed by atoms with Gasteiger partial charge in [-0.2, -0.15) is 13.2 Å². The topological polar surface area (TPSA) is 66.8 Å². The number of alkyl halides is 3. The van der Waals surface area contributed by atoms with Crippen molar-refractivity contribution >= 4 is 5.78 Å². The summed E-state index contributed by atoms with van der Waals surface area (Å²) in [6.07, 6.45) is -2.53. The van der Waals surface area contributed by atoms with Gasteiger partial charge in [0, 0.05) is 24.7 Å². The van der Waals surface area contributed by atoms with Gasteiger partial charge in [0.2, 0.25) is 6.29 Å². The Kier molecular flexibility index (Phi) is 6.24. The number of hydrogen-bond acceptors (Lipinski definition) is 4. The molecule has 0 spiro atoms. The van der Waals surface area contributed by atoms with Gasteiger partial charge in [-0.05, 0) is 24.6 Å². The molecule has 0 heterocycles. The van der Waals surface area contributed by atoms with E-state index in [0.717, 1.165) is 12.1 Å². The first-order valence-corrected chi connectivity index (χ1v) is 8.11. The van der Waals surface area contributed by atoms with E-state index in [1.54, 1.807) is 12.2 Å². The average Bonchev–Trinajstić information content (AvgIpc) is 2.80. The van der Waals surface area contributed by atoms with Crippen LogP contribution in [0.25, 0.3) is 0 Å². The average molecular weight is 358 g/mol. The molecule has 0 aliphatic heterocycles. The van der Waals surface area contributed by atoms with Crippen LogP contribution >= 0.6 is 0 Å². The number of aliphatic hydroxyl groups excluding tert-OH is 2. The molecule has 0 aromatic heterocycles. The fourth-order valence-electron chi connectivity index (χ4n) is 3.04. The summed E-state index contributed by atoms with van der Waals surface area (Å²) >= 11 is 0. The number of aliphatic hydroxyl groups is 2. The van der Waals surface area contributed by atoms with Crippen LogP contribution in [0.5, 0.6) is 5.75 Å². The first-order valence-electron chi connectivity index (χ1n) is 8.11. The monoisotopic (exact) mass is 358 g/mol. The van der Waals surface area contributed by atoms with Crippen LogP contribution in [0, 0.1) is 11.8 Å². The number of ether oxygens (including phenoxy) is 1. The highest BCUT2D eigenvalue weighted by Gasteiger charge is 2.38. The molecule has 1 aliphatic carbocycles. The standard InChI is InChI=1S/C18H21F3O4/c1-2-13-14(16(23)10-15(13)22)7-4-8-17(24)25-12-6-3-5-11(9-12)18(19,20)21/h3-7,9,13-14,16-17,23-24H,2,8,10H2,1H3/b7-4+/t13-,14-,16-,17?/m1/s1.